The predicted octanol–water partition coefficient (Wildman–Crippen LogP) is 2.36. The predicted molar refractivity (Wildman–Crippen MR) is 87.3 cm³/mol. The van der Waals surface area contributed by atoms with Crippen molar-refractivity contribution in [2.75, 3.05) is 13.2 Å². The first kappa shape index (κ1) is 17.5. The van der Waals surface area contributed by atoms with Crippen LogP contribution in [0.1, 0.15) is 31.2 Å². The molecule has 1 aliphatic carbocycles. The monoisotopic (exact) mass is 341 g/mol. The highest BCUT2D eigenvalue weighted by atomic mass is 35.5. The Labute approximate surface area is 140 Å². The van der Waals surface area contributed by atoms with Gasteiger partial charge in [0.15, 0.2) is 0 Å². The minimum absolute atomic E-state index is 0.0452. The Morgan fingerprint density at radius 3 is 2.78 bits per heavy atom. The molecule has 5 nitrogen and oxygen atoms in total. The van der Waals surface area contributed by atoms with Crippen molar-refractivity contribution in [2.24, 2.45) is 0 Å². The fourth-order valence-corrected chi connectivity index (χ4v) is 2.78. The lowest BCUT2D eigenvalue weighted by molar-refractivity contribution is -0.122. The average Bonchev–Trinajstić information content (AvgIpc) is 2.47. The summed E-state index contributed by atoms with van der Waals surface area (Å²) in [7, 11) is 0. The quantitative estimate of drug-likeness (QED) is 0.743. The molecule has 23 heavy (non-hydrogen) atoms. The molecule has 1 aliphatic rings. The Bertz CT molecular complexity index is 564. The fraction of sp³-hybridized carbons (Fsp3) is 0.500. The number of carbonyl (C=O) groups is 2. The van der Waals surface area contributed by atoms with E-state index in [1.165, 1.54) is 5.56 Å². The Hall–Kier alpha value is -1.82. The summed E-state index contributed by atoms with van der Waals surface area (Å²) in [5.74, 6) is -0.00695. The smallest absolute Gasteiger partial charge is 0.315 e. The van der Waals surface area contributed by atoms with Crippen molar-refractivity contribution in [1.29, 1.82) is 0 Å². The van der Waals surface area contributed by atoms with Crippen molar-refractivity contribution in [3.8, 4) is 0 Å². The number of hydrogen-bond acceptors (Lipinski definition) is 2. The van der Waals surface area contributed by atoms with Crippen LogP contribution in [0.3, 0.4) is 0 Å². The van der Waals surface area contributed by atoms with Gasteiger partial charge in [-0.15, -0.1) is 0 Å². The van der Waals surface area contributed by atoms with E-state index >= 15 is 0 Å². The van der Waals surface area contributed by atoms with E-state index in [9.17, 15) is 14.0 Å². The zero-order chi connectivity index (χ0) is 16.8. The third-order valence-electron chi connectivity index (χ3n) is 3.93. The molecule has 1 atom stereocenters. The van der Waals surface area contributed by atoms with E-state index < -0.39 is 18.6 Å². The molecule has 1 aromatic carbocycles. The molecule has 0 aromatic heterocycles. The Kier molecular flexibility index (Phi) is 6.21. The Morgan fingerprint density at radius 2 is 2.13 bits per heavy atom. The van der Waals surface area contributed by atoms with Crippen molar-refractivity contribution in [1.82, 2.24) is 16.0 Å². The topological polar surface area (TPSA) is 70.2 Å². The fourth-order valence-electron chi connectivity index (χ4n) is 2.58. The van der Waals surface area contributed by atoms with Crippen LogP contribution in [0.25, 0.3) is 0 Å². The minimum Gasteiger partial charge on any atom is -0.352 e. The molecule has 0 aliphatic heterocycles. The summed E-state index contributed by atoms with van der Waals surface area (Å²) in [6.45, 7) is 0.886. The number of nitrogens with one attached hydrogen (secondary N) is 3. The van der Waals surface area contributed by atoms with Gasteiger partial charge in [0.2, 0.25) is 5.91 Å². The Morgan fingerprint density at radius 1 is 1.39 bits per heavy atom. The van der Waals surface area contributed by atoms with E-state index in [1.807, 2.05) is 24.3 Å². The highest BCUT2D eigenvalue weighted by molar-refractivity contribution is 6.30. The first-order valence-electron chi connectivity index (χ1n) is 7.65. The van der Waals surface area contributed by atoms with Crippen molar-refractivity contribution >= 4 is 23.5 Å². The maximum atomic E-state index is 12.0. The SMILES string of the molecule is CC(NC(=O)NC1CC(c2cccc(Cl)c2)C1)C(=O)NCCF. The number of halogens is 2. The number of urea groups is 1. The highest BCUT2D eigenvalue weighted by Crippen LogP contribution is 2.37. The van der Waals surface area contributed by atoms with Crippen molar-refractivity contribution in [3.05, 3.63) is 34.9 Å². The molecule has 1 aromatic rings. The first-order valence-corrected chi connectivity index (χ1v) is 8.03. The summed E-state index contributed by atoms with van der Waals surface area (Å²) < 4.78 is 12.0. The summed E-state index contributed by atoms with van der Waals surface area (Å²) in [4.78, 5) is 23.4. The lowest BCUT2D eigenvalue weighted by Gasteiger charge is -2.36. The third kappa shape index (κ3) is 5.10. The molecule has 1 unspecified atom stereocenters. The summed E-state index contributed by atoms with van der Waals surface area (Å²) in [5, 5.41) is 8.48. The minimum atomic E-state index is -0.703. The highest BCUT2D eigenvalue weighted by Gasteiger charge is 2.31. The molecule has 126 valence electrons. The number of rotatable bonds is 6. The van der Waals surface area contributed by atoms with Crippen LogP contribution in [0.15, 0.2) is 24.3 Å². The molecule has 1 saturated carbocycles. The lowest BCUT2D eigenvalue weighted by atomic mass is 9.76. The van der Waals surface area contributed by atoms with Gasteiger partial charge in [-0.1, -0.05) is 23.7 Å². The number of benzene rings is 1. The molecule has 1 fully saturated rings. The van der Waals surface area contributed by atoms with Gasteiger partial charge >= 0.3 is 6.03 Å². The largest absolute Gasteiger partial charge is 0.352 e. The number of amides is 3. The molecule has 0 saturated heterocycles. The second-order valence-corrected chi connectivity index (χ2v) is 6.18. The van der Waals surface area contributed by atoms with Crippen molar-refractivity contribution in [3.63, 3.8) is 0 Å². The number of alkyl halides is 1. The second-order valence-electron chi connectivity index (χ2n) is 5.74. The van der Waals surface area contributed by atoms with Gasteiger partial charge in [-0.2, -0.15) is 0 Å². The van der Waals surface area contributed by atoms with Crippen LogP contribution < -0.4 is 16.0 Å². The van der Waals surface area contributed by atoms with E-state index in [4.69, 9.17) is 11.6 Å². The normalized spacial score (nSPS) is 21.0. The molecule has 7 heteroatoms. The van der Waals surface area contributed by atoms with Gasteiger partial charge in [0.05, 0.1) is 0 Å². The van der Waals surface area contributed by atoms with Crippen LogP contribution in [-0.2, 0) is 4.79 Å². The molecule has 0 spiro atoms. The van der Waals surface area contributed by atoms with E-state index in [-0.39, 0.29) is 18.6 Å². The van der Waals surface area contributed by atoms with Crippen LogP contribution in [0.4, 0.5) is 9.18 Å². The van der Waals surface area contributed by atoms with E-state index in [1.54, 1.807) is 6.92 Å². The molecule has 0 radical (unpaired) electrons. The summed E-state index contributed by atoms with van der Waals surface area (Å²) >= 11 is 5.97. The van der Waals surface area contributed by atoms with Crippen molar-refractivity contribution in [2.45, 2.75) is 37.8 Å². The van der Waals surface area contributed by atoms with Gasteiger partial charge in [0, 0.05) is 17.6 Å². The van der Waals surface area contributed by atoms with Crippen LogP contribution in [0.2, 0.25) is 5.02 Å². The first-order chi connectivity index (χ1) is 11.0. The van der Waals surface area contributed by atoms with E-state index in [0.29, 0.717) is 10.9 Å². The molecule has 3 N–H and O–H groups in total. The van der Waals surface area contributed by atoms with Gasteiger partial charge in [0.25, 0.3) is 0 Å². The molecule has 0 heterocycles. The van der Waals surface area contributed by atoms with Crippen LogP contribution in [-0.4, -0.2) is 37.2 Å². The van der Waals surface area contributed by atoms with Crippen LogP contribution in [0.5, 0.6) is 0 Å². The third-order valence-corrected chi connectivity index (χ3v) is 4.16. The zero-order valence-electron chi connectivity index (χ0n) is 12.9. The molecular formula is C16H21ClFN3O2. The van der Waals surface area contributed by atoms with E-state index in [2.05, 4.69) is 16.0 Å². The Balaban J connectivity index is 1.70. The van der Waals surface area contributed by atoms with E-state index in [0.717, 1.165) is 12.8 Å². The van der Waals surface area contributed by atoms with Crippen LogP contribution >= 0.6 is 11.6 Å². The molecule has 0 bridgehead atoms. The summed E-state index contributed by atoms with van der Waals surface area (Å²) in [6, 6.07) is 6.72. The zero-order valence-corrected chi connectivity index (χ0v) is 13.7. The number of hydrogen-bond donors (Lipinski definition) is 3. The molecular weight excluding hydrogens is 321 g/mol. The van der Waals surface area contributed by atoms with Crippen molar-refractivity contribution < 1.29 is 14.0 Å². The molecule has 2 rings (SSSR count). The van der Waals surface area contributed by atoms with Gasteiger partial charge < -0.3 is 16.0 Å². The van der Waals surface area contributed by atoms with Gasteiger partial charge in [0.1, 0.15) is 12.7 Å². The van der Waals surface area contributed by atoms with Crippen LogP contribution in [0, 0.1) is 0 Å². The average molecular weight is 342 g/mol. The summed E-state index contributed by atoms with van der Waals surface area (Å²) in [6.07, 6.45) is 1.69. The van der Waals surface area contributed by atoms with Gasteiger partial charge in [-0.05, 0) is 43.4 Å². The lowest BCUT2D eigenvalue weighted by Crippen LogP contribution is -2.53. The molecule has 3 amide bonds. The van der Waals surface area contributed by atoms with Gasteiger partial charge in [-0.3, -0.25) is 4.79 Å². The second kappa shape index (κ2) is 8.15. The maximum absolute atomic E-state index is 12.0. The summed E-state index contributed by atoms with van der Waals surface area (Å²) in [5.41, 5.74) is 1.18. The van der Waals surface area contributed by atoms with Gasteiger partial charge in [-0.25, -0.2) is 9.18 Å². The number of carbonyl (C=O) groups excluding carboxylic acids is 2. The standard InChI is InChI=1S/C16H21ClFN3O2/c1-10(15(22)19-6-5-18)20-16(23)21-14-8-12(9-14)11-3-2-4-13(17)7-11/h2-4,7,10,12,14H,5-6,8-9H2,1H3,(H,19,22)(H2,20,21,23). The maximum Gasteiger partial charge on any atom is 0.315 e.